The molecule has 0 aliphatic rings. The number of nitrogens with zero attached hydrogens (tertiary/aromatic N) is 1. The van der Waals surface area contributed by atoms with Gasteiger partial charge in [0.25, 0.3) is 5.91 Å². The van der Waals surface area contributed by atoms with Crippen molar-refractivity contribution in [2.24, 2.45) is 0 Å². The summed E-state index contributed by atoms with van der Waals surface area (Å²) in [6.45, 7) is 3.31. The third-order valence-electron chi connectivity index (χ3n) is 2.71. The maximum absolute atomic E-state index is 12.1. The van der Waals surface area contributed by atoms with Crippen LogP contribution in [0.4, 0.5) is 11.5 Å². The van der Waals surface area contributed by atoms with Crippen molar-refractivity contribution < 1.29 is 9.59 Å². The van der Waals surface area contributed by atoms with Gasteiger partial charge >= 0.3 is 0 Å². The van der Waals surface area contributed by atoms with E-state index in [1.54, 1.807) is 30.5 Å². The number of hydrogen-bond acceptors (Lipinski definition) is 3. The Hall–Kier alpha value is -2.69. The molecule has 20 heavy (non-hydrogen) atoms. The topological polar surface area (TPSA) is 71.1 Å². The molecular weight excluding hydrogens is 254 g/mol. The first-order chi connectivity index (χ1) is 9.56. The average molecular weight is 269 g/mol. The summed E-state index contributed by atoms with van der Waals surface area (Å²) in [7, 11) is 0. The molecule has 1 aromatic heterocycles. The van der Waals surface area contributed by atoms with Gasteiger partial charge in [0.2, 0.25) is 5.91 Å². The van der Waals surface area contributed by atoms with Crippen LogP contribution in [-0.4, -0.2) is 16.8 Å². The summed E-state index contributed by atoms with van der Waals surface area (Å²) in [6.07, 6.45) is 1.63. The monoisotopic (exact) mass is 269 g/mol. The molecule has 0 fully saturated rings. The summed E-state index contributed by atoms with van der Waals surface area (Å²) in [5.41, 5.74) is 2.06. The summed E-state index contributed by atoms with van der Waals surface area (Å²) in [4.78, 5) is 27.1. The van der Waals surface area contributed by atoms with E-state index in [0.29, 0.717) is 17.1 Å². The van der Waals surface area contributed by atoms with Crippen LogP contribution < -0.4 is 10.6 Å². The lowest BCUT2D eigenvalue weighted by atomic mass is 10.2. The number of carbonyl (C=O) groups is 2. The molecule has 2 rings (SSSR count). The average Bonchev–Trinajstić information content (AvgIpc) is 2.41. The highest BCUT2D eigenvalue weighted by Gasteiger charge is 2.08. The molecule has 2 N–H and O–H groups in total. The number of nitrogens with one attached hydrogen (secondary N) is 2. The highest BCUT2D eigenvalue weighted by atomic mass is 16.2. The molecule has 102 valence electrons. The van der Waals surface area contributed by atoms with E-state index in [9.17, 15) is 9.59 Å². The van der Waals surface area contributed by atoms with E-state index >= 15 is 0 Å². The van der Waals surface area contributed by atoms with Crippen LogP contribution in [0.3, 0.4) is 0 Å². The quantitative estimate of drug-likeness (QED) is 0.899. The molecule has 0 bridgehead atoms. The number of carbonyl (C=O) groups excluding carboxylic acids is 2. The molecule has 0 atom stereocenters. The minimum absolute atomic E-state index is 0.147. The minimum atomic E-state index is -0.235. The predicted octanol–water partition coefficient (Wildman–Crippen LogP) is 2.60. The molecule has 0 aliphatic heterocycles. The van der Waals surface area contributed by atoms with Gasteiger partial charge in [-0.2, -0.15) is 0 Å². The van der Waals surface area contributed by atoms with Crippen molar-refractivity contribution in [3.63, 3.8) is 0 Å². The van der Waals surface area contributed by atoms with Crippen LogP contribution in [0, 0.1) is 6.92 Å². The Bertz CT molecular complexity index is 636. The van der Waals surface area contributed by atoms with Gasteiger partial charge in [0.15, 0.2) is 0 Å². The molecule has 0 saturated carbocycles. The van der Waals surface area contributed by atoms with Crippen molar-refractivity contribution in [3.8, 4) is 0 Å². The van der Waals surface area contributed by atoms with Gasteiger partial charge in [-0.3, -0.25) is 9.59 Å². The highest BCUT2D eigenvalue weighted by molar-refractivity contribution is 6.04. The molecular formula is C15H15N3O2. The molecule has 0 spiro atoms. The lowest BCUT2D eigenvalue weighted by Gasteiger charge is -2.07. The molecule has 1 heterocycles. The maximum Gasteiger partial charge on any atom is 0.256 e. The summed E-state index contributed by atoms with van der Waals surface area (Å²) < 4.78 is 0. The van der Waals surface area contributed by atoms with Crippen molar-refractivity contribution in [3.05, 3.63) is 53.7 Å². The van der Waals surface area contributed by atoms with Crippen molar-refractivity contribution in [1.29, 1.82) is 0 Å². The Morgan fingerprint density at radius 3 is 2.35 bits per heavy atom. The third-order valence-corrected chi connectivity index (χ3v) is 2.71. The van der Waals surface area contributed by atoms with E-state index in [1.165, 1.54) is 6.92 Å². The first kappa shape index (κ1) is 13.7. The molecule has 0 unspecified atom stereocenters. The van der Waals surface area contributed by atoms with Crippen molar-refractivity contribution in [2.75, 3.05) is 10.6 Å². The van der Waals surface area contributed by atoms with Crippen molar-refractivity contribution in [2.45, 2.75) is 13.8 Å². The Kier molecular flexibility index (Phi) is 4.10. The number of aromatic nitrogens is 1. The predicted molar refractivity (Wildman–Crippen MR) is 77.7 cm³/mol. The van der Waals surface area contributed by atoms with E-state index in [2.05, 4.69) is 15.6 Å². The van der Waals surface area contributed by atoms with Gasteiger partial charge in [-0.25, -0.2) is 4.98 Å². The van der Waals surface area contributed by atoms with E-state index in [0.717, 1.165) is 5.56 Å². The van der Waals surface area contributed by atoms with Gasteiger partial charge < -0.3 is 10.6 Å². The number of benzene rings is 1. The SMILES string of the molecule is CC(=O)Nc1ccc(C(=O)Nc2ncccc2C)cc1. The van der Waals surface area contributed by atoms with Gasteiger partial charge in [-0.15, -0.1) is 0 Å². The van der Waals surface area contributed by atoms with Crippen LogP contribution in [0.2, 0.25) is 0 Å². The van der Waals surface area contributed by atoms with Crippen LogP contribution in [0.15, 0.2) is 42.6 Å². The summed E-state index contributed by atoms with van der Waals surface area (Å²) in [6, 6.07) is 10.4. The van der Waals surface area contributed by atoms with Crippen molar-refractivity contribution in [1.82, 2.24) is 4.98 Å². The number of hydrogen-bond donors (Lipinski definition) is 2. The molecule has 1 aromatic carbocycles. The normalized spacial score (nSPS) is 9.90. The standard InChI is InChI=1S/C15H15N3O2/c1-10-4-3-9-16-14(10)18-15(20)12-5-7-13(8-6-12)17-11(2)19/h3-9H,1-2H3,(H,17,19)(H,16,18,20). The first-order valence-electron chi connectivity index (χ1n) is 6.17. The van der Waals surface area contributed by atoms with Gasteiger partial charge in [-0.05, 0) is 42.8 Å². The van der Waals surface area contributed by atoms with E-state index in [4.69, 9.17) is 0 Å². The molecule has 5 nitrogen and oxygen atoms in total. The van der Waals surface area contributed by atoms with E-state index in [-0.39, 0.29) is 11.8 Å². The fraction of sp³-hybridized carbons (Fsp3) is 0.133. The second-order valence-corrected chi connectivity index (χ2v) is 4.38. The maximum atomic E-state index is 12.1. The fourth-order valence-electron chi connectivity index (χ4n) is 1.70. The van der Waals surface area contributed by atoms with Gasteiger partial charge in [0.05, 0.1) is 0 Å². The lowest BCUT2D eigenvalue weighted by Crippen LogP contribution is -2.14. The van der Waals surface area contributed by atoms with Gasteiger partial charge in [-0.1, -0.05) is 6.07 Å². The Labute approximate surface area is 117 Å². The zero-order valence-electron chi connectivity index (χ0n) is 11.3. The summed E-state index contributed by atoms with van der Waals surface area (Å²) in [5.74, 6) is 0.163. The van der Waals surface area contributed by atoms with Crippen LogP contribution in [0.25, 0.3) is 0 Å². The number of anilines is 2. The fourth-order valence-corrected chi connectivity index (χ4v) is 1.70. The Morgan fingerprint density at radius 1 is 1.05 bits per heavy atom. The molecule has 5 heteroatoms. The molecule has 2 aromatic rings. The second kappa shape index (κ2) is 5.97. The number of aryl methyl sites for hydroxylation is 1. The summed E-state index contributed by atoms with van der Waals surface area (Å²) in [5, 5.41) is 5.40. The zero-order chi connectivity index (χ0) is 14.5. The van der Waals surface area contributed by atoms with E-state index in [1.807, 2.05) is 19.1 Å². The highest BCUT2D eigenvalue weighted by Crippen LogP contribution is 2.13. The number of rotatable bonds is 3. The number of pyridine rings is 1. The minimum Gasteiger partial charge on any atom is -0.326 e. The van der Waals surface area contributed by atoms with Crippen LogP contribution in [0.5, 0.6) is 0 Å². The number of amides is 2. The van der Waals surface area contributed by atoms with Gasteiger partial charge in [0, 0.05) is 24.4 Å². The van der Waals surface area contributed by atoms with E-state index < -0.39 is 0 Å². The van der Waals surface area contributed by atoms with Crippen LogP contribution >= 0.6 is 0 Å². The Morgan fingerprint density at radius 2 is 1.75 bits per heavy atom. The lowest BCUT2D eigenvalue weighted by molar-refractivity contribution is -0.114. The first-order valence-corrected chi connectivity index (χ1v) is 6.17. The van der Waals surface area contributed by atoms with Crippen LogP contribution in [-0.2, 0) is 4.79 Å². The summed E-state index contributed by atoms with van der Waals surface area (Å²) >= 11 is 0. The smallest absolute Gasteiger partial charge is 0.256 e. The largest absolute Gasteiger partial charge is 0.326 e. The molecule has 2 amide bonds. The zero-order valence-corrected chi connectivity index (χ0v) is 11.3. The second-order valence-electron chi connectivity index (χ2n) is 4.38. The molecule has 0 aliphatic carbocycles. The van der Waals surface area contributed by atoms with Crippen LogP contribution in [0.1, 0.15) is 22.8 Å². The third kappa shape index (κ3) is 3.41. The molecule has 0 saturated heterocycles. The van der Waals surface area contributed by atoms with Crippen molar-refractivity contribution >= 4 is 23.3 Å². The molecule has 0 radical (unpaired) electrons. The van der Waals surface area contributed by atoms with Gasteiger partial charge in [0.1, 0.15) is 5.82 Å². The Balaban J connectivity index is 2.10.